The van der Waals surface area contributed by atoms with E-state index in [0.717, 1.165) is 23.6 Å². The maximum Gasteiger partial charge on any atom is 0.370 e. The van der Waals surface area contributed by atoms with Crippen LogP contribution in [0, 0.1) is 0 Å². The van der Waals surface area contributed by atoms with Crippen molar-refractivity contribution in [2.45, 2.75) is 89.5 Å². The predicted molar refractivity (Wildman–Crippen MR) is 167 cm³/mol. The Hall–Kier alpha value is -4.59. The van der Waals surface area contributed by atoms with Gasteiger partial charge in [-0.3, -0.25) is 9.59 Å². The first-order valence-electron chi connectivity index (χ1n) is 15.3. The van der Waals surface area contributed by atoms with Crippen molar-refractivity contribution in [3.05, 3.63) is 83.4 Å². The Morgan fingerprint density at radius 1 is 1.00 bits per heavy atom. The molecule has 6 N–H and O–H groups in total. The highest BCUT2D eigenvalue weighted by Gasteiger charge is 2.43. The summed E-state index contributed by atoms with van der Waals surface area (Å²) in [5, 5.41) is 55.5. The highest BCUT2D eigenvalue weighted by atomic mass is 16.5. The standard InChI is InChI=1S/C33H41N5O8/c1-5-20-8-10-21(11-9-20)22-12-14-23(15-13-22)31(43)35-33(6-2,7-3)27-18-38(37-36-27)17-25(41)29(42)30-28(34-19(4)39)24(40)16-26(46-30)32(44)45/h8-16,18,24-25,28-30,40-42H,5-7,17H2,1-4H3,(H,34,39)(H,35,43)(H,44,45)/t24-,25+,28+,29+,30?/m0/s1. The normalized spacial score (nSPS) is 19.4. The van der Waals surface area contributed by atoms with E-state index in [1.165, 1.54) is 17.2 Å². The van der Waals surface area contributed by atoms with Gasteiger partial charge in [-0.1, -0.05) is 62.4 Å². The van der Waals surface area contributed by atoms with E-state index in [9.17, 15) is 34.8 Å². The monoisotopic (exact) mass is 635 g/mol. The summed E-state index contributed by atoms with van der Waals surface area (Å²) >= 11 is 0. The Morgan fingerprint density at radius 3 is 2.15 bits per heavy atom. The summed E-state index contributed by atoms with van der Waals surface area (Å²) in [5.41, 5.74) is 3.33. The van der Waals surface area contributed by atoms with E-state index >= 15 is 0 Å². The Balaban J connectivity index is 1.47. The molecule has 3 aromatic rings. The summed E-state index contributed by atoms with van der Waals surface area (Å²) in [7, 11) is 0. The Labute approximate surface area is 266 Å². The largest absolute Gasteiger partial charge is 0.478 e. The Kier molecular flexibility index (Phi) is 10.9. The SMILES string of the molecule is CCc1ccc(-c2ccc(C(=O)NC(CC)(CC)c3cn(C[C@@H](O)[C@@H](O)C4OC(C(=O)O)=C[C@H](O)[C@H]4NC(C)=O)nn3)cc2)cc1. The fourth-order valence-corrected chi connectivity index (χ4v) is 5.53. The lowest BCUT2D eigenvalue weighted by molar-refractivity contribution is -0.148. The number of hydrogen-bond acceptors (Lipinski definition) is 9. The van der Waals surface area contributed by atoms with Gasteiger partial charge in [0.25, 0.3) is 5.91 Å². The van der Waals surface area contributed by atoms with Gasteiger partial charge in [0.2, 0.25) is 11.7 Å². The highest BCUT2D eigenvalue weighted by molar-refractivity contribution is 5.95. The van der Waals surface area contributed by atoms with Crippen LogP contribution in [0.25, 0.3) is 11.1 Å². The zero-order valence-electron chi connectivity index (χ0n) is 26.3. The molecule has 2 aromatic carbocycles. The van der Waals surface area contributed by atoms with Crippen molar-refractivity contribution in [1.82, 2.24) is 25.6 Å². The molecule has 0 spiro atoms. The van der Waals surface area contributed by atoms with Crippen LogP contribution in [0.5, 0.6) is 0 Å². The average molecular weight is 636 g/mol. The fraction of sp³-hybridized carbons (Fsp3) is 0.424. The third kappa shape index (κ3) is 7.61. The zero-order chi connectivity index (χ0) is 33.6. The van der Waals surface area contributed by atoms with Gasteiger partial charge in [0.05, 0.1) is 24.3 Å². The number of carboxylic acid groups (broad SMARTS) is 1. The van der Waals surface area contributed by atoms with Crippen molar-refractivity contribution in [2.24, 2.45) is 0 Å². The van der Waals surface area contributed by atoms with Crippen molar-refractivity contribution < 1.29 is 39.5 Å². The first-order chi connectivity index (χ1) is 21.9. The molecule has 0 aliphatic carbocycles. The van der Waals surface area contributed by atoms with E-state index in [4.69, 9.17) is 4.74 Å². The fourth-order valence-electron chi connectivity index (χ4n) is 5.53. The number of aryl methyl sites for hydroxylation is 1. The molecule has 0 saturated heterocycles. The molecule has 0 bridgehead atoms. The number of nitrogens with one attached hydrogen (secondary N) is 2. The highest BCUT2D eigenvalue weighted by Crippen LogP contribution is 2.29. The molecule has 0 radical (unpaired) electrons. The lowest BCUT2D eigenvalue weighted by Gasteiger charge is -2.38. The smallest absolute Gasteiger partial charge is 0.370 e. The number of hydrogen-bond donors (Lipinski definition) is 6. The molecule has 1 unspecified atom stereocenters. The van der Waals surface area contributed by atoms with Gasteiger partial charge >= 0.3 is 5.97 Å². The molecule has 2 heterocycles. The minimum absolute atomic E-state index is 0.290. The van der Waals surface area contributed by atoms with Crippen molar-refractivity contribution in [1.29, 1.82) is 0 Å². The lowest BCUT2D eigenvalue weighted by Crippen LogP contribution is -2.59. The summed E-state index contributed by atoms with van der Waals surface area (Å²) < 4.78 is 6.64. The van der Waals surface area contributed by atoms with Gasteiger partial charge in [0.15, 0.2) is 6.10 Å². The van der Waals surface area contributed by atoms with Crippen LogP contribution < -0.4 is 10.6 Å². The maximum atomic E-state index is 13.4. The number of rotatable bonds is 13. The number of aliphatic hydroxyl groups is 3. The molecule has 13 nitrogen and oxygen atoms in total. The summed E-state index contributed by atoms with van der Waals surface area (Å²) in [6, 6.07) is 14.4. The van der Waals surface area contributed by atoms with Gasteiger partial charge in [0, 0.05) is 12.5 Å². The number of carboxylic acids is 1. The molecule has 2 amide bonds. The summed E-state index contributed by atoms with van der Waals surface area (Å²) in [6.45, 7) is 6.82. The second-order valence-electron chi connectivity index (χ2n) is 11.4. The summed E-state index contributed by atoms with van der Waals surface area (Å²) in [5.74, 6) is -2.95. The molecule has 4 rings (SSSR count). The minimum Gasteiger partial charge on any atom is -0.478 e. The Bertz CT molecular complexity index is 1550. The van der Waals surface area contributed by atoms with Crippen LogP contribution in [-0.4, -0.2) is 83.7 Å². The van der Waals surface area contributed by atoms with E-state index in [0.29, 0.717) is 24.1 Å². The van der Waals surface area contributed by atoms with E-state index in [2.05, 4.69) is 52.1 Å². The zero-order valence-corrected chi connectivity index (χ0v) is 26.3. The molecule has 13 heteroatoms. The summed E-state index contributed by atoms with van der Waals surface area (Å²) in [6.07, 6.45) is -1.90. The van der Waals surface area contributed by atoms with Gasteiger partial charge in [-0.2, -0.15) is 0 Å². The van der Waals surface area contributed by atoms with Gasteiger partial charge in [-0.25, -0.2) is 9.48 Å². The maximum absolute atomic E-state index is 13.4. The van der Waals surface area contributed by atoms with Crippen LogP contribution in [0.2, 0.25) is 0 Å². The number of benzene rings is 2. The summed E-state index contributed by atoms with van der Waals surface area (Å²) in [4.78, 5) is 36.6. The quantitative estimate of drug-likeness (QED) is 0.161. The van der Waals surface area contributed by atoms with Crippen LogP contribution in [0.4, 0.5) is 0 Å². The van der Waals surface area contributed by atoms with E-state index in [1.807, 2.05) is 26.0 Å². The van der Waals surface area contributed by atoms with Crippen LogP contribution in [0.1, 0.15) is 62.2 Å². The number of nitrogens with zero attached hydrogens (tertiary/aromatic N) is 3. The third-order valence-electron chi connectivity index (χ3n) is 8.42. The number of ether oxygens (including phenoxy) is 1. The second-order valence-corrected chi connectivity index (χ2v) is 11.4. The second kappa shape index (κ2) is 14.7. The molecule has 1 aliphatic rings. The van der Waals surface area contributed by atoms with Crippen LogP contribution >= 0.6 is 0 Å². The van der Waals surface area contributed by atoms with Gasteiger partial charge in [-0.15, -0.1) is 5.10 Å². The van der Waals surface area contributed by atoms with Crippen molar-refractivity contribution in [2.75, 3.05) is 0 Å². The number of amides is 2. The van der Waals surface area contributed by atoms with Crippen molar-refractivity contribution >= 4 is 17.8 Å². The topological polar surface area (TPSA) is 196 Å². The number of aliphatic hydroxyl groups excluding tert-OH is 3. The number of aromatic nitrogens is 3. The first kappa shape index (κ1) is 34.3. The molecule has 5 atom stereocenters. The average Bonchev–Trinajstić information content (AvgIpc) is 3.52. The van der Waals surface area contributed by atoms with Crippen molar-refractivity contribution in [3.8, 4) is 11.1 Å². The van der Waals surface area contributed by atoms with Crippen LogP contribution in [0.3, 0.4) is 0 Å². The van der Waals surface area contributed by atoms with E-state index < -0.39 is 53.6 Å². The van der Waals surface area contributed by atoms with E-state index in [1.54, 1.807) is 18.3 Å². The van der Waals surface area contributed by atoms with Crippen LogP contribution in [0.15, 0.2) is 66.6 Å². The number of aliphatic carboxylic acids is 1. The molecule has 0 fully saturated rings. The third-order valence-corrected chi connectivity index (χ3v) is 8.42. The van der Waals surface area contributed by atoms with Crippen LogP contribution in [-0.2, 0) is 32.8 Å². The molecular formula is C33H41N5O8. The number of carbonyl (C=O) groups is 3. The predicted octanol–water partition coefficient (Wildman–Crippen LogP) is 1.91. The Morgan fingerprint density at radius 2 is 1.61 bits per heavy atom. The van der Waals surface area contributed by atoms with Gasteiger partial charge in [0.1, 0.15) is 24.0 Å². The molecule has 1 aromatic heterocycles. The molecule has 0 saturated carbocycles. The van der Waals surface area contributed by atoms with Crippen molar-refractivity contribution in [3.63, 3.8) is 0 Å². The molecule has 1 aliphatic heterocycles. The first-order valence-corrected chi connectivity index (χ1v) is 15.3. The van der Waals surface area contributed by atoms with Gasteiger partial charge < -0.3 is 35.8 Å². The molecule has 46 heavy (non-hydrogen) atoms. The molecule has 246 valence electrons. The number of carbonyl (C=O) groups excluding carboxylic acids is 2. The van der Waals surface area contributed by atoms with E-state index in [-0.39, 0.29) is 12.5 Å². The minimum atomic E-state index is -1.74. The lowest BCUT2D eigenvalue weighted by atomic mass is 9.89. The van der Waals surface area contributed by atoms with Gasteiger partial charge in [-0.05, 0) is 54.2 Å². The molecular weight excluding hydrogens is 594 g/mol.